The minimum absolute atomic E-state index is 0.163. The zero-order valence-electron chi connectivity index (χ0n) is 15.4. The third kappa shape index (κ3) is 5.05. The number of phenolic OH excluding ortho intramolecular Hbond substituents is 1. The van der Waals surface area contributed by atoms with Gasteiger partial charge in [-0.05, 0) is 41.0 Å². The fourth-order valence-electron chi connectivity index (χ4n) is 2.65. The lowest BCUT2D eigenvalue weighted by Crippen LogP contribution is -1.97. The molecule has 0 amide bonds. The predicted molar refractivity (Wildman–Crippen MR) is 107 cm³/mol. The van der Waals surface area contributed by atoms with Crippen LogP contribution >= 0.6 is 0 Å². The molecule has 0 aliphatic rings. The molecule has 138 valence electrons. The summed E-state index contributed by atoms with van der Waals surface area (Å²) in [5.74, 6) is 2.13. The van der Waals surface area contributed by atoms with Gasteiger partial charge < -0.3 is 19.3 Å². The molecule has 0 spiro atoms. The van der Waals surface area contributed by atoms with Gasteiger partial charge in [-0.2, -0.15) is 0 Å². The number of aromatic hydroxyl groups is 1. The number of benzene rings is 3. The van der Waals surface area contributed by atoms with Gasteiger partial charge >= 0.3 is 0 Å². The van der Waals surface area contributed by atoms with Crippen molar-refractivity contribution in [3.63, 3.8) is 0 Å². The Hall–Kier alpha value is -3.40. The number of methoxy groups -OCH3 is 2. The van der Waals surface area contributed by atoms with Crippen molar-refractivity contribution in [2.24, 2.45) is 0 Å². The predicted octanol–water partition coefficient (Wildman–Crippen LogP) is 5.16. The van der Waals surface area contributed by atoms with Gasteiger partial charge in [0.2, 0.25) is 0 Å². The van der Waals surface area contributed by atoms with Crippen LogP contribution in [0.5, 0.6) is 23.0 Å². The van der Waals surface area contributed by atoms with Crippen molar-refractivity contribution in [1.82, 2.24) is 0 Å². The molecule has 3 aromatic carbocycles. The Labute approximate surface area is 159 Å². The summed E-state index contributed by atoms with van der Waals surface area (Å²) < 4.78 is 16.5. The monoisotopic (exact) mass is 362 g/mol. The molecule has 0 fully saturated rings. The Bertz CT molecular complexity index is 917. The molecule has 4 nitrogen and oxygen atoms in total. The van der Waals surface area contributed by atoms with E-state index in [0.717, 1.165) is 16.7 Å². The highest BCUT2D eigenvalue weighted by Crippen LogP contribution is 2.30. The van der Waals surface area contributed by atoms with Crippen molar-refractivity contribution < 1.29 is 19.3 Å². The summed E-state index contributed by atoms with van der Waals surface area (Å²) in [4.78, 5) is 0. The first-order valence-corrected chi connectivity index (χ1v) is 8.59. The van der Waals surface area contributed by atoms with Gasteiger partial charge in [0.15, 0.2) is 11.5 Å². The fraction of sp³-hybridized carbons (Fsp3) is 0.130. The quantitative estimate of drug-likeness (QED) is 0.590. The van der Waals surface area contributed by atoms with Gasteiger partial charge in [0.1, 0.15) is 18.1 Å². The van der Waals surface area contributed by atoms with E-state index in [-0.39, 0.29) is 5.75 Å². The van der Waals surface area contributed by atoms with Gasteiger partial charge in [0.25, 0.3) is 0 Å². The van der Waals surface area contributed by atoms with Gasteiger partial charge in [-0.1, -0.05) is 48.6 Å². The second kappa shape index (κ2) is 8.81. The second-order valence-electron chi connectivity index (χ2n) is 5.98. The largest absolute Gasteiger partial charge is 0.508 e. The molecule has 0 aliphatic carbocycles. The van der Waals surface area contributed by atoms with Crippen LogP contribution in [-0.4, -0.2) is 19.3 Å². The van der Waals surface area contributed by atoms with Crippen LogP contribution in [-0.2, 0) is 6.61 Å². The van der Waals surface area contributed by atoms with E-state index in [1.807, 2.05) is 66.7 Å². The van der Waals surface area contributed by atoms with Crippen LogP contribution in [0.2, 0.25) is 0 Å². The third-order valence-corrected chi connectivity index (χ3v) is 4.04. The Morgan fingerprint density at radius 1 is 0.778 bits per heavy atom. The van der Waals surface area contributed by atoms with Crippen molar-refractivity contribution in [2.75, 3.05) is 14.2 Å². The smallest absolute Gasteiger partial charge is 0.161 e. The van der Waals surface area contributed by atoms with E-state index in [4.69, 9.17) is 14.2 Å². The van der Waals surface area contributed by atoms with E-state index in [1.54, 1.807) is 26.4 Å². The van der Waals surface area contributed by atoms with E-state index in [2.05, 4.69) is 0 Å². The van der Waals surface area contributed by atoms with Crippen molar-refractivity contribution >= 4 is 12.2 Å². The van der Waals surface area contributed by atoms with Crippen molar-refractivity contribution in [3.05, 3.63) is 83.4 Å². The average Bonchev–Trinajstić information content (AvgIpc) is 2.71. The Balaban J connectivity index is 1.74. The minimum Gasteiger partial charge on any atom is -0.508 e. The van der Waals surface area contributed by atoms with E-state index in [1.165, 1.54) is 0 Å². The van der Waals surface area contributed by atoms with Crippen molar-refractivity contribution in [3.8, 4) is 23.0 Å². The van der Waals surface area contributed by atoms with Crippen LogP contribution in [0.25, 0.3) is 12.2 Å². The molecule has 0 saturated heterocycles. The van der Waals surface area contributed by atoms with Crippen LogP contribution < -0.4 is 14.2 Å². The molecular weight excluding hydrogens is 340 g/mol. The topological polar surface area (TPSA) is 47.9 Å². The summed E-state index contributed by atoms with van der Waals surface area (Å²) in [5.41, 5.74) is 2.90. The summed E-state index contributed by atoms with van der Waals surface area (Å²) in [6, 6.07) is 20.9. The van der Waals surface area contributed by atoms with Crippen molar-refractivity contribution in [2.45, 2.75) is 6.61 Å². The summed E-state index contributed by atoms with van der Waals surface area (Å²) in [6.07, 6.45) is 3.85. The lowest BCUT2D eigenvalue weighted by Gasteiger charge is -2.11. The number of ether oxygens (including phenoxy) is 3. The van der Waals surface area contributed by atoms with Crippen molar-refractivity contribution in [1.29, 1.82) is 0 Å². The first kappa shape index (κ1) is 18.4. The molecule has 0 aliphatic heterocycles. The Kier molecular flexibility index (Phi) is 6.00. The van der Waals surface area contributed by atoms with Gasteiger partial charge in [0.05, 0.1) is 14.2 Å². The maximum Gasteiger partial charge on any atom is 0.161 e. The molecule has 0 atom stereocenters. The zero-order valence-corrected chi connectivity index (χ0v) is 15.4. The van der Waals surface area contributed by atoms with Gasteiger partial charge in [-0.3, -0.25) is 0 Å². The van der Waals surface area contributed by atoms with Crippen LogP contribution in [0, 0.1) is 0 Å². The maximum atomic E-state index is 9.74. The van der Waals surface area contributed by atoms with Crippen LogP contribution in [0.4, 0.5) is 0 Å². The molecule has 0 bridgehead atoms. The molecule has 1 N–H and O–H groups in total. The Morgan fingerprint density at radius 3 is 2.30 bits per heavy atom. The highest BCUT2D eigenvalue weighted by atomic mass is 16.5. The number of rotatable bonds is 7. The average molecular weight is 362 g/mol. The second-order valence-corrected chi connectivity index (χ2v) is 5.98. The molecule has 0 saturated carbocycles. The highest BCUT2D eigenvalue weighted by molar-refractivity contribution is 5.72. The fourth-order valence-corrected chi connectivity index (χ4v) is 2.65. The van der Waals surface area contributed by atoms with E-state index >= 15 is 0 Å². The summed E-state index contributed by atoms with van der Waals surface area (Å²) >= 11 is 0. The van der Waals surface area contributed by atoms with E-state index in [0.29, 0.717) is 23.9 Å². The number of phenols is 1. The van der Waals surface area contributed by atoms with Crippen LogP contribution in [0.15, 0.2) is 66.7 Å². The van der Waals surface area contributed by atoms with E-state index in [9.17, 15) is 5.11 Å². The molecular formula is C23H22O4. The first-order chi connectivity index (χ1) is 13.2. The summed E-state index contributed by atoms with van der Waals surface area (Å²) in [7, 11) is 3.19. The molecule has 4 heteroatoms. The van der Waals surface area contributed by atoms with E-state index < -0.39 is 0 Å². The third-order valence-electron chi connectivity index (χ3n) is 4.04. The molecule has 0 radical (unpaired) electrons. The lowest BCUT2D eigenvalue weighted by atomic mass is 10.1. The van der Waals surface area contributed by atoms with Gasteiger partial charge in [-0.25, -0.2) is 0 Å². The standard InChI is InChI=1S/C23H22O4/c1-25-21-13-19(12-20(24)15-21)9-8-17-10-11-22(23(14-17)26-2)27-16-18-6-4-3-5-7-18/h3-15,24H,16H2,1-2H3. The van der Waals surface area contributed by atoms with Gasteiger partial charge in [0, 0.05) is 6.07 Å². The SMILES string of the molecule is COc1cc(O)cc(C=Cc2ccc(OCc3ccccc3)c(OC)c2)c1. The molecule has 0 aromatic heterocycles. The summed E-state index contributed by atoms with van der Waals surface area (Å²) in [6.45, 7) is 0.482. The molecule has 27 heavy (non-hydrogen) atoms. The van der Waals surface area contributed by atoms with Crippen LogP contribution in [0.3, 0.4) is 0 Å². The molecule has 3 rings (SSSR count). The first-order valence-electron chi connectivity index (χ1n) is 8.59. The highest BCUT2D eigenvalue weighted by Gasteiger charge is 2.05. The lowest BCUT2D eigenvalue weighted by molar-refractivity contribution is 0.284. The van der Waals surface area contributed by atoms with Crippen LogP contribution in [0.1, 0.15) is 16.7 Å². The maximum absolute atomic E-state index is 9.74. The number of hydrogen-bond acceptors (Lipinski definition) is 4. The Morgan fingerprint density at radius 2 is 1.56 bits per heavy atom. The zero-order chi connectivity index (χ0) is 19.1. The minimum atomic E-state index is 0.163. The molecule has 3 aromatic rings. The molecule has 0 unspecified atom stereocenters. The number of hydrogen-bond donors (Lipinski definition) is 1. The summed E-state index contributed by atoms with van der Waals surface area (Å²) in [5, 5.41) is 9.74. The normalized spacial score (nSPS) is 10.7. The molecule has 0 heterocycles. The van der Waals surface area contributed by atoms with Gasteiger partial charge in [-0.15, -0.1) is 0 Å².